The van der Waals surface area contributed by atoms with Gasteiger partial charge >= 0.3 is 6.18 Å². The second-order valence-corrected chi connectivity index (χ2v) is 5.86. The fourth-order valence-electron chi connectivity index (χ4n) is 2.63. The van der Waals surface area contributed by atoms with Crippen molar-refractivity contribution in [3.8, 4) is 0 Å². The molecule has 0 amide bonds. The van der Waals surface area contributed by atoms with Crippen LogP contribution in [0.2, 0.25) is 0 Å². The van der Waals surface area contributed by atoms with Crippen LogP contribution in [0.1, 0.15) is 45.2 Å². The van der Waals surface area contributed by atoms with Crippen molar-refractivity contribution in [3.63, 3.8) is 0 Å². The van der Waals surface area contributed by atoms with Gasteiger partial charge in [-0.15, -0.1) is 0 Å². The van der Waals surface area contributed by atoms with Crippen LogP contribution in [0.15, 0.2) is 6.07 Å². The van der Waals surface area contributed by atoms with Crippen molar-refractivity contribution in [3.05, 3.63) is 11.8 Å². The molecule has 21 heavy (non-hydrogen) atoms. The highest BCUT2D eigenvalue weighted by atomic mass is 19.4. The van der Waals surface area contributed by atoms with Crippen LogP contribution in [0.25, 0.3) is 0 Å². The first-order valence-corrected chi connectivity index (χ1v) is 7.26. The minimum Gasteiger partial charge on any atom is -0.369 e. The van der Waals surface area contributed by atoms with Crippen molar-refractivity contribution in [2.24, 2.45) is 5.41 Å². The summed E-state index contributed by atoms with van der Waals surface area (Å²) < 4.78 is 38.6. The van der Waals surface area contributed by atoms with Crippen LogP contribution in [0, 0.1) is 5.41 Å². The fourth-order valence-corrected chi connectivity index (χ4v) is 2.63. The van der Waals surface area contributed by atoms with Crippen molar-refractivity contribution in [1.82, 2.24) is 9.97 Å². The number of nitrogens with zero attached hydrogens (tertiary/aromatic N) is 2. The molecule has 1 aliphatic carbocycles. The molecule has 0 bridgehead atoms. The Morgan fingerprint density at radius 2 is 1.86 bits per heavy atom. The highest BCUT2D eigenvalue weighted by Gasteiger charge is 2.34. The molecule has 1 saturated carbocycles. The molecule has 0 aromatic carbocycles. The molecule has 0 atom stereocenters. The Balaban J connectivity index is 2.15. The fraction of sp³-hybridized carbons (Fsp3) is 0.714. The van der Waals surface area contributed by atoms with Crippen molar-refractivity contribution in [2.75, 3.05) is 23.7 Å². The number of aromatic nitrogens is 2. The second kappa shape index (κ2) is 6.07. The van der Waals surface area contributed by atoms with Crippen LogP contribution in [0.4, 0.5) is 24.9 Å². The number of anilines is 2. The summed E-state index contributed by atoms with van der Waals surface area (Å²) in [6, 6.07) is 0.971. The van der Waals surface area contributed by atoms with E-state index in [1.165, 1.54) is 12.8 Å². The van der Waals surface area contributed by atoms with Crippen molar-refractivity contribution in [1.29, 1.82) is 0 Å². The summed E-state index contributed by atoms with van der Waals surface area (Å²) >= 11 is 0. The Hall–Kier alpha value is -1.53. The summed E-state index contributed by atoms with van der Waals surface area (Å²) in [5.41, 5.74) is -0.783. The molecule has 1 fully saturated rings. The van der Waals surface area contributed by atoms with Gasteiger partial charge in [-0.3, -0.25) is 0 Å². The molecule has 1 aliphatic rings. The van der Waals surface area contributed by atoms with Crippen LogP contribution in [0.5, 0.6) is 0 Å². The third kappa shape index (κ3) is 4.22. The van der Waals surface area contributed by atoms with E-state index in [4.69, 9.17) is 0 Å². The van der Waals surface area contributed by atoms with Gasteiger partial charge in [-0.2, -0.15) is 18.2 Å². The van der Waals surface area contributed by atoms with E-state index in [9.17, 15) is 13.2 Å². The number of halogens is 3. The van der Waals surface area contributed by atoms with Crippen LogP contribution in [-0.2, 0) is 6.18 Å². The normalized spacial score (nSPS) is 17.8. The minimum absolute atomic E-state index is 0.00593. The molecular formula is C14H21F3N4. The number of alkyl halides is 3. The minimum atomic E-state index is -4.47. The van der Waals surface area contributed by atoms with Crippen molar-refractivity contribution >= 4 is 11.8 Å². The van der Waals surface area contributed by atoms with E-state index in [0.29, 0.717) is 13.1 Å². The van der Waals surface area contributed by atoms with Crippen LogP contribution in [0.3, 0.4) is 0 Å². The number of hydrogen-bond acceptors (Lipinski definition) is 4. The zero-order chi connectivity index (χ0) is 15.5. The average molecular weight is 302 g/mol. The smallest absolute Gasteiger partial charge is 0.369 e. The molecule has 1 aromatic rings. The summed E-state index contributed by atoms with van der Waals surface area (Å²) in [7, 11) is 0. The first-order chi connectivity index (χ1) is 9.82. The number of nitrogens with one attached hydrogen (secondary N) is 2. The van der Waals surface area contributed by atoms with E-state index in [0.717, 1.165) is 18.9 Å². The maximum absolute atomic E-state index is 12.9. The van der Waals surface area contributed by atoms with Gasteiger partial charge in [-0.05, 0) is 25.2 Å². The molecule has 1 aromatic heterocycles. The van der Waals surface area contributed by atoms with E-state index >= 15 is 0 Å². The number of hydrogen-bond donors (Lipinski definition) is 2. The van der Waals surface area contributed by atoms with Gasteiger partial charge in [0.05, 0.1) is 0 Å². The van der Waals surface area contributed by atoms with Gasteiger partial charge in [-0.1, -0.05) is 19.8 Å². The van der Waals surface area contributed by atoms with Gasteiger partial charge in [0.25, 0.3) is 0 Å². The molecule has 2 rings (SSSR count). The molecular weight excluding hydrogens is 281 g/mol. The number of rotatable bonds is 5. The molecule has 4 nitrogen and oxygen atoms in total. The Kier molecular flexibility index (Phi) is 4.58. The molecule has 2 N–H and O–H groups in total. The monoisotopic (exact) mass is 302 g/mol. The molecule has 1 heterocycles. The van der Waals surface area contributed by atoms with Crippen molar-refractivity contribution < 1.29 is 13.2 Å². The van der Waals surface area contributed by atoms with E-state index in [2.05, 4.69) is 27.5 Å². The molecule has 118 valence electrons. The molecule has 0 spiro atoms. The molecule has 0 unspecified atom stereocenters. The van der Waals surface area contributed by atoms with E-state index in [1.807, 2.05) is 0 Å². The summed E-state index contributed by atoms with van der Waals surface area (Å²) in [5, 5.41) is 5.78. The lowest BCUT2D eigenvalue weighted by Gasteiger charge is -2.24. The maximum Gasteiger partial charge on any atom is 0.433 e. The summed E-state index contributed by atoms with van der Waals surface area (Å²) in [6.45, 7) is 5.05. The predicted molar refractivity (Wildman–Crippen MR) is 76.3 cm³/mol. The van der Waals surface area contributed by atoms with E-state index < -0.39 is 11.9 Å². The van der Waals surface area contributed by atoms with Crippen LogP contribution >= 0.6 is 0 Å². The maximum atomic E-state index is 12.9. The lowest BCUT2D eigenvalue weighted by Crippen LogP contribution is -2.24. The molecule has 0 radical (unpaired) electrons. The van der Waals surface area contributed by atoms with Gasteiger partial charge in [-0.25, -0.2) is 4.98 Å². The molecule has 7 heteroatoms. The summed E-state index contributed by atoms with van der Waals surface area (Å²) in [4.78, 5) is 7.60. The molecule has 0 saturated heterocycles. The van der Waals surface area contributed by atoms with Gasteiger partial charge < -0.3 is 10.6 Å². The Morgan fingerprint density at radius 3 is 2.43 bits per heavy atom. The molecule has 0 aliphatic heterocycles. The topological polar surface area (TPSA) is 49.8 Å². The standard InChI is InChI=1S/C14H21F3N4/c1-3-18-12-20-10(14(15,16)17)8-11(21-12)19-9-13(2)6-4-5-7-13/h8H,3-7,9H2,1-2H3,(H2,18,19,20,21). The zero-order valence-electron chi connectivity index (χ0n) is 12.3. The highest BCUT2D eigenvalue weighted by molar-refractivity contribution is 5.43. The average Bonchev–Trinajstić information content (AvgIpc) is 2.83. The lowest BCUT2D eigenvalue weighted by atomic mass is 9.89. The Labute approximate surface area is 122 Å². The van der Waals surface area contributed by atoms with E-state index in [1.54, 1.807) is 6.92 Å². The highest BCUT2D eigenvalue weighted by Crippen LogP contribution is 2.37. The lowest BCUT2D eigenvalue weighted by molar-refractivity contribution is -0.141. The first kappa shape index (κ1) is 15.9. The quantitative estimate of drug-likeness (QED) is 0.865. The largest absolute Gasteiger partial charge is 0.433 e. The zero-order valence-corrected chi connectivity index (χ0v) is 12.3. The first-order valence-electron chi connectivity index (χ1n) is 7.26. The predicted octanol–water partition coefficient (Wildman–Crippen LogP) is 3.92. The third-order valence-electron chi connectivity index (χ3n) is 3.86. The SMILES string of the molecule is CCNc1nc(NCC2(C)CCCC2)cc(C(F)(F)F)n1. The summed E-state index contributed by atoms with van der Waals surface area (Å²) in [5.74, 6) is 0.229. The van der Waals surface area contributed by atoms with Crippen molar-refractivity contribution in [2.45, 2.75) is 45.7 Å². The van der Waals surface area contributed by atoms with Crippen LogP contribution < -0.4 is 10.6 Å². The van der Waals surface area contributed by atoms with E-state index in [-0.39, 0.29) is 17.2 Å². The van der Waals surface area contributed by atoms with Gasteiger partial charge in [0.1, 0.15) is 5.82 Å². The third-order valence-corrected chi connectivity index (χ3v) is 3.86. The Bertz CT molecular complexity index is 482. The van der Waals surface area contributed by atoms with Gasteiger partial charge in [0.15, 0.2) is 5.69 Å². The van der Waals surface area contributed by atoms with Gasteiger partial charge in [0, 0.05) is 19.2 Å². The van der Waals surface area contributed by atoms with Crippen LogP contribution in [-0.4, -0.2) is 23.1 Å². The van der Waals surface area contributed by atoms with Gasteiger partial charge in [0.2, 0.25) is 5.95 Å². The Morgan fingerprint density at radius 1 is 1.19 bits per heavy atom. The second-order valence-electron chi connectivity index (χ2n) is 5.86. The summed E-state index contributed by atoms with van der Waals surface area (Å²) in [6.07, 6.45) is 0.0755.